The molecular weight excluding hydrogens is 442 g/mol. The highest BCUT2D eigenvalue weighted by atomic mass is 32.2. The summed E-state index contributed by atoms with van der Waals surface area (Å²) in [4.78, 5) is 17.6. The Bertz CT molecular complexity index is 1190. The minimum absolute atomic E-state index is 0.139. The van der Waals surface area contributed by atoms with Crippen LogP contribution in [0, 0.1) is 11.8 Å². The van der Waals surface area contributed by atoms with Gasteiger partial charge in [0.05, 0.1) is 19.7 Å². The second-order valence-electron chi connectivity index (χ2n) is 8.80. The molecule has 3 aromatic rings. The van der Waals surface area contributed by atoms with E-state index in [2.05, 4.69) is 15.6 Å². The predicted molar refractivity (Wildman–Crippen MR) is 127 cm³/mol. The maximum atomic E-state index is 13.4. The van der Waals surface area contributed by atoms with Gasteiger partial charge < -0.3 is 10.6 Å². The Morgan fingerprint density at radius 1 is 1.12 bits per heavy atom. The Hall–Kier alpha value is -2.29. The molecule has 0 spiro atoms. The first-order valence-electron chi connectivity index (χ1n) is 11.2. The Labute approximate surface area is 192 Å². The SMILES string of the molecule is O=C(NCc1ccc(S(=O)(=O)C2CNCC3CCCCC32)cc1)c1cc2ccncc2s1. The molecule has 1 aliphatic heterocycles. The number of hydrogen-bond donors (Lipinski definition) is 2. The van der Waals surface area contributed by atoms with Crippen LogP contribution in [0.4, 0.5) is 0 Å². The first kappa shape index (κ1) is 21.6. The quantitative estimate of drug-likeness (QED) is 0.594. The molecule has 1 amide bonds. The van der Waals surface area contributed by atoms with Crippen molar-refractivity contribution in [2.45, 2.75) is 42.4 Å². The van der Waals surface area contributed by atoms with E-state index in [4.69, 9.17) is 0 Å². The summed E-state index contributed by atoms with van der Waals surface area (Å²) in [6.45, 7) is 1.82. The number of sulfone groups is 1. The summed E-state index contributed by atoms with van der Waals surface area (Å²) in [5.41, 5.74) is 0.873. The zero-order valence-corrected chi connectivity index (χ0v) is 19.4. The third kappa shape index (κ3) is 4.19. The average molecular weight is 470 g/mol. The molecule has 2 N–H and O–H groups in total. The van der Waals surface area contributed by atoms with Crippen molar-refractivity contribution in [2.75, 3.05) is 13.1 Å². The van der Waals surface area contributed by atoms with Crippen LogP contribution < -0.4 is 10.6 Å². The molecular formula is C24H27N3O3S2. The van der Waals surface area contributed by atoms with Crippen LogP contribution in [-0.4, -0.2) is 37.6 Å². The number of carbonyl (C=O) groups is 1. The number of nitrogens with zero attached hydrogens (tertiary/aromatic N) is 1. The fraction of sp³-hybridized carbons (Fsp3) is 0.417. The minimum atomic E-state index is -3.39. The van der Waals surface area contributed by atoms with Gasteiger partial charge in [0.2, 0.25) is 0 Å². The highest BCUT2D eigenvalue weighted by molar-refractivity contribution is 7.92. The van der Waals surface area contributed by atoms with Crippen molar-refractivity contribution in [2.24, 2.45) is 11.8 Å². The maximum absolute atomic E-state index is 13.4. The van der Waals surface area contributed by atoms with Crippen LogP contribution in [0.15, 0.2) is 53.7 Å². The van der Waals surface area contributed by atoms with Crippen molar-refractivity contribution >= 4 is 37.2 Å². The smallest absolute Gasteiger partial charge is 0.261 e. The summed E-state index contributed by atoms with van der Waals surface area (Å²) in [7, 11) is -3.39. The highest BCUT2D eigenvalue weighted by Gasteiger charge is 2.42. The second-order valence-corrected chi connectivity index (χ2v) is 12.1. The van der Waals surface area contributed by atoms with E-state index < -0.39 is 9.84 Å². The van der Waals surface area contributed by atoms with Crippen molar-refractivity contribution in [3.8, 4) is 0 Å². The van der Waals surface area contributed by atoms with Crippen molar-refractivity contribution in [3.63, 3.8) is 0 Å². The molecule has 3 atom stereocenters. The van der Waals surface area contributed by atoms with E-state index >= 15 is 0 Å². The number of nitrogens with one attached hydrogen (secondary N) is 2. The molecule has 1 saturated carbocycles. The number of amides is 1. The average Bonchev–Trinajstić information content (AvgIpc) is 3.27. The topological polar surface area (TPSA) is 88.2 Å². The Kier molecular flexibility index (Phi) is 6.01. The van der Waals surface area contributed by atoms with Crippen LogP contribution >= 0.6 is 11.3 Å². The first-order chi connectivity index (χ1) is 15.5. The third-order valence-electron chi connectivity index (χ3n) is 6.85. The zero-order chi connectivity index (χ0) is 22.1. The van der Waals surface area contributed by atoms with Crippen LogP contribution in [0.1, 0.15) is 40.9 Å². The van der Waals surface area contributed by atoms with Crippen molar-refractivity contribution in [3.05, 3.63) is 59.2 Å². The van der Waals surface area contributed by atoms with Crippen molar-refractivity contribution in [1.82, 2.24) is 15.6 Å². The summed E-state index contributed by atoms with van der Waals surface area (Å²) in [6.07, 6.45) is 7.93. The van der Waals surface area contributed by atoms with Gasteiger partial charge in [-0.25, -0.2) is 8.42 Å². The largest absolute Gasteiger partial charge is 0.347 e. The summed E-state index contributed by atoms with van der Waals surface area (Å²) < 4.78 is 27.7. The molecule has 1 saturated heterocycles. The number of aromatic nitrogens is 1. The number of thiophene rings is 1. The van der Waals surface area contributed by atoms with E-state index in [0.717, 1.165) is 41.5 Å². The molecule has 5 rings (SSSR count). The predicted octanol–water partition coefficient (Wildman–Crippen LogP) is 3.78. The summed E-state index contributed by atoms with van der Waals surface area (Å²) in [6, 6.07) is 10.7. The van der Waals surface area contributed by atoms with Crippen LogP contribution in [0.2, 0.25) is 0 Å². The van der Waals surface area contributed by atoms with Gasteiger partial charge in [0.15, 0.2) is 9.84 Å². The van der Waals surface area contributed by atoms with Crippen LogP contribution in [-0.2, 0) is 16.4 Å². The van der Waals surface area contributed by atoms with E-state index in [1.54, 1.807) is 36.7 Å². The Morgan fingerprint density at radius 3 is 2.75 bits per heavy atom. The number of fused-ring (bicyclic) bond motifs is 2. The van der Waals surface area contributed by atoms with E-state index in [9.17, 15) is 13.2 Å². The fourth-order valence-corrected chi connectivity index (χ4v) is 8.09. The number of piperidine rings is 1. The Balaban J connectivity index is 1.25. The van der Waals surface area contributed by atoms with Crippen LogP contribution in [0.25, 0.3) is 10.1 Å². The van der Waals surface area contributed by atoms with Crippen molar-refractivity contribution < 1.29 is 13.2 Å². The normalized spacial score (nSPS) is 23.6. The summed E-state index contributed by atoms with van der Waals surface area (Å²) >= 11 is 1.41. The lowest BCUT2D eigenvalue weighted by Crippen LogP contribution is -2.51. The van der Waals surface area contributed by atoms with Gasteiger partial charge in [-0.3, -0.25) is 9.78 Å². The molecule has 32 heavy (non-hydrogen) atoms. The molecule has 2 fully saturated rings. The number of rotatable bonds is 5. The molecule has 1 aliphatic carbocycles. The molecule has 1 aromatic carbocycles. The van der Waals surface area contributed by atoms with Gasteiger partial charge in [0.1, 0.15) is 0 Å². The van der Waals surface area contributed by atoms with E-state index in [1.165, 1.54) is 17.8 Å². The molecule has 3 unspecified atom stereocenters. The lowest BCUT2D eigenvalue weighted by atomic mass is 9.75. The van der Waals surface area contributed by atoms with Crippen molar-refractivity contribution in [1.29, 1.82) is 0 Å². The molecule has 8 heteroatoms. The molecule has 3 heterocycles. The van der Waals surface area contributed by atoms with Gasteiger partial charge in [-0.15, -0.1) is 11.3 Å². The monoisotopic (exact) mass is 469 g/mol. The maximum Gasteiger partial charge on any atom is 0.261 e. The molecule has 0 bridgehead atoms. The van der Waals surface area contributed by atoms with Gasteiger partial charge in [0, 0.05) is 25.5 Å². The second kappa shape index (κ2) is 8.92. The summed E-state index contributed by atoms with van der Waals surface area (Å²) in [5.74, 6) is 0.585. The molecule has 0 radical (unpaired) electrons. The molecule has 168 valence electrons. The van der Waals surface area contributed by atoms with Gasteiger partial charge in [0.25, 0.3) is 5.91 Å². The summed E-state index contributed by atoms with van der Waals surface area (Å²) in [5, 5.41) is 6.93. The fourth-order valence-electron chi connectivity index (χ4n) is 5.12. The van der Waals surface area contributed by atoms with E-state index in [1.807, 2.05) is 12.1 Å². The minimum Gasteiger partial charge on any atom is -0.347 e. The highest BCUT2D eigenvalue weighted by Crippen LogP contribution is 2.38. The molecule has 6 nitrogen and oxygen atoms in total. The molecule has 2 aromatic heterocycles. The number of benzene rings is 1. The standard InChI is InChI=1S/C24H27N3O3S2/c28-24(21-11-17-9-10-25-14-22(17)31-21)27-12-16-5-7-19(8-6-16)32(29,30)23-15-26-13-18-3-1-2-4-20(18)23/h5-11,14,18,20,23,26H,1-4,12-13,15H2,(H,27,28). The zero-order valence-electron chi connectivity index (χ0n) is 17.8. The lowest BCUT2D eigenvalue weighted by Gasteiger charge is -2.41. The van der Waals surface area contributed by atoms with Crippen LogP contribution in [0.3, 0.4) is 0 Å². The molecule has 2 aliphatic rings. The van der Waals surface area contributed by atoms with E-state index in [0.29, 0.717) is 28.8 Å². The van der Waals surface area contributed by atoms with Crippen LogP contribution in [0.5, 0.6) is 0 Å². The number of pyridine rings is 1. The van der Waals surface area contributed by atoms with Gasteiger partial charge in [-0.2, -0.15) is 0 Å². The van der Waals surface area contributed by atoms with Gasteiger partial charge >= 0.3 is 0 Å². The third-order valence-corrected chi connectivity index (χ3v) is 10.2. The Morgan fingerprint density at radius 2 is 1.94 bits per heavy atom. The van der Waals surface area contributed by atoms with Gasteiger partial charge in [-0.1, -0.05) is 25.0 Å². The number of carbonyl (C=O) groups excluding carboxylic acids is 1. The lowest BCUT2D eigenvalue weighted by molar-refractivity contribution is 0.0955. The van der Waals surface area contributed by atoms with E-state index in [-0.39, 0.29) is 17.1 Å². The van der Waals surface area contributed by atoms with Gasteiger partial charge in [-0.05, 0) is 66.4 Å². The first-order valence-corrected chi connectivity index (χ1v) is 13.5. The number of hydrogen-bond acceptors (Lipinski definition) is 6.